The first-order valence-corrected chi connectivity index (χ1v) is 7.25. The lowest BCUT2D eigenvalue weighted by Crippen LogP contribution is -2.45. The Balaban J connectivity index is 1.72. The molecular formula is C16H23NO. The molecule has 0 aliphatic carbocycles. The Labute approximate surface area is 110 Å². The highest BCUT2D eigenvalue weighted by molar-refractivity contribution is 5.31. The largest absolute Gasteiger partial charge is 0.497 e. The van der Waals surface area contributed by atoms with Crippen molar-refractivity contribution in [1.82, 2.24) is 4.90 Å². The Kier molecular flexibility index (Phi) is 3.55. The van der Waals surface area contributed by atoms with Crippen molar-refractivity contribution in [3.8, 4) is 5.75 Å². The van der Waals surface area contributed by atoms with E-state index in [1.54, 1.807) is 7.11 Å². The second-order valence-corrected chi connectivity index (χ2v) is 5.70. The summed E-state index contributed by atoms with van der Waals surface area (Å²) < 4.78 is 5.34. The predicted octanol–water partition coefficient (Wildman–Crippen LogP) is 3.43. The van der Waals surface area contributed by atoms with Crippen molar-refractivity contribution in [2.24, 2.45) is 0 Å². The number of hydrogen-bond donors (Lipinski definition) is 0. The molecule has 0 aromatic heterocycles. The first-order chi connectivity index (χ1) is 8.86. The van der Waals surface area contributed by atoms with Gasteiger partial charge in [0.15, 0.2) is 0 Å². The Morgan fingerprint density at radius 3 is 3.00 bits per heavy atom. The molecule has 98 valence electrons. The zero-order chi connectivity index (χ0) is 12.4. The maximum atomic E-state index is 5.34. The number of ether oxygens (including phenoxy) is 1. The van der Waals surface area contributed by atoms with Crippen LogP contribution < -0.4 is 4.74 Å². The predicted molar refractivity (Wildman–Crippen MR) is 74.2 cm³/mol. The summed E-state index contributed by atoms with van der Waals surface area (Å²) in [6, 6.07) is 9.51. The molecular weight excluding hydrogens is 222 g/mol. The molecule has 0 saturated carbocycles. The van der Waals surface area contributed by atoms with E-state index in [0.717, 1.165) is 11.8 Å². The molecule has 3 rings (SSSR count). The van der Waals surface area contributed by atoms with Gasteiger partial charge in [-0.1, -0.05) is 18.6 Å². The maximum absolute atomic E-state index is 5.34. The second kappa shape index (κ2) is 5.31. The fourth-order valence-electron chi connectivity index (χ4n) is 3.56. The third kappa shape index (κ3) is 2.39. The van der Waals surface area contributed by atoms with Crippen LogP contribution in [0.15, 0.2) is 24.3 Å². The van der Waals surface area contributed by atoms with Gasteiger partial charge < -0.3 is 4.74 Å². The molecule has 0 N–H and O–H groups in total. The van der Waals surface area contributed by atoms with Crippen molar-refractivity contribution in [3.63, 3.8) is 0 Å². The molecule has 0 amide bonds. The third-order valence-electron chi connectivity index (χ3n) is 4.62. The Hall–Kier alpha value is -1.02. The van der Waals surface area contributed by atoms with E-state index in [1.165, 1.54) is 50.8 Å². The van der Waals surface area contributed by atoms with Crippen LogP contribution in [0.3, 0.4) is 0 Å². The zero-order valence-electron chi connectivity index (χ0n) is 11.3. The molecule has 2 saturated heterocycles. The van der Waals surface area contributed by atoms with Crippen molar-refractivity contribution in [2.75, 3.05) is 20.2 Å². The van der Waals surface area contributed by atoms with Gasteiger partial charge in [-0.05, 0) is 55.8 Å². The Morgan fingerprint density at radius 1 is 1.17 bits per heavy atom. The van der Waals surface area contributed by atoms with Gasteiger partial charge in [0.05, 0.1) is 7.11 Å². The van der Waals surface area contributed by atoms with E-state index in [2.05, 4.69) is 23.1 Å². The molecule has 0 unspecified atom stereocenters. The van der Waals surface area contributed by atoms with Gasteiger partial charge >= 0.3 is 0 Å². The van der Waals surface area contributed by atoms with E-state index in [1.807, 2.05) is 6.07 Å². The molecule has 2 heterocycles. The minimum Gasteiger partial charge on any atom is -0.497 e. The summed E-state index contributed by atoms with van der Waals surface area (Å²) in [6.07, 6.45) is 6.97. The minimum absolute atomic E-state index is 0.703. The highest BCUT2D eigenvalue weighted by atomic mass is 16.5. The van der Waals surface area contributed by atoms with Crippen LogP contribution in [0.1, 0.15) is 43.6 Å². The average Bonchev–Trinajstić information content (AvgIpc) is 2.47. The molecule has 2 heteroatoms. The normalized spacial score (nSPS) is 28.7. The van der Waals surface area contributed by atoms with Gasteiger partial charge in [-0.3, -0.25) is 4.90 Å². The lowest BCUT2D eigenvalue weighted by Gasteiger charge is -2.42. The van der Waals surface area contributed by atoms with Gasteiger partial charge in [-0.25, -0.2) is 0 Å². The summed E-state index contributed by atoms with van der Waals surface area (Å²) in [5.74, 6) is 1.70. The average molecular weight is 245 g/mol. The van der Waals surface area contributed by atoms with E-state index >= 15 is 0 Å². The number of rotatable bonds is 2. The van der Waals surface area contributed by atoms with Gasteiger partial charge in [0, 0.05) is 12.6 Å². The minimum atomic E-state index is 0.703. The number of fused-ring (bicyclic) bond motifs is 1. The van der Waals surface area contributed by atoms with Crippen LogP contribution in [-0.2, 0) is 0 Å². The summed E-state index contributed by atoms with van der Waals surface area (Å²) in [4.78, 5) is 2.72. The van der Waals surface area contributed by atoms with Gasteiger partial charge in [-0.2, -0.15) is 0 Å². The van der Waals surface area contributed by atoms with Crippen molar-refractivity contribution >= 4 is 0 Å². The van der Waals surface area contributed by atoms with Crippen LogP contribution in [0.5, 0.6) is 5.75 Å². The van der Waals surface area contributed by atoms with E-state index in [-0.39, 0.29) is 0 Å². The second-order valence-electron chi connectivity index (χ2n) is 5.70. The number of piperidine rings is 2. The van der Waals surface area contributed by atoms with Crippen molar-refractivity contribution in [3.05, 3.63) is 29.8 Å². The fourth-order valence-corrected chi connectivity index (χ4v) is 3.56. The van der Waals surface area contributed by atoms with Crippen molar-refractivity contribution in [2.45, 2.75) is 44.1 Å². The van der Waals surface area contributed by atoms with Crippen LogP contribution >= 0.6 is 0 Å². The summed E-state index contributed by atoms with van der Waals surface area (Å²) in [5, 5.41) is 0. The standard InChI is InChI=1S/C16H23NO/c1-18-16-7-4-5-13(11-16)14-8-9-15-6-2-3-10-17(15)12-14/h4-5,7,11,14-15H,2-3,6,8-10,12H2,1H3/t14-,15+/m0/s1. The van der Waals surface area contributed by atoms with E-state index in [9.17, 15) is 0 Å². The van der Waals surface area contributed by atoms with Gasteiger partial charge in [-0.15, -0.1) is 0 Å². The number of nitrogens with zero attached hydrogens (tertiary/aromatic N) is 1. The SMILES string of the molecule is COc1cccc([C@H]2CC[C@H]3CCCCN3C2)c1. The first-order valence-electron chi connectivity index (χ1n) is 7.25. The van der Waals surface area contributed by atoms with Crippen molar-refractivity contribution < 1.29 is 4.74 Å². The molecule has 2 aliphatic heterocycles. The fraction of sp³-hybridized carbons (Fsp3) is 0.625. The van der Waals surface area contributed by atoms with Crippen LogP contribution in [0.4, 0.5) is 0 Å². The van der Waals surface area contributed by atoms with E-state index in [0.29, 0.717) is 5.92 Å². The monoisotopic (exact) mass is 245 g/mol. The summed E-state index contributed by atoms with van der Waals surface area (Å²) in [6.45, 7) is 2.56. The molecule has 2 aliphatic rings. The lowest BCUT2D eigenvalue weighted by molar-refractivity contribution is 0.0959. The van der Waals surface area contributed by atoms with Crippen LogP contribution in [0, 0.1) is 0 Å². The molecule has 1 aromatic carbocycles. The third-order valence-corrected chi connectivity index (χ3v) is 4.62. The first kappa shape index (κ1) is 12.0. The smallest absolute Gasteiger partial charge is 0.119 e. The molecule has 0 bridgehead atoms. The Bertz CT molecular complexity index is 404. The molecule has 2 atom stereocenters. The highest BCUT2D eigenvalue weighted by Crippen LogP contribution is 2.34. The summed E-state index contributed by atoms with van der Waals surface area (Å²) in [5.41, 5.74) is 1.46. The summed E-state index contributed by atoms with van der Waals surface area (Å²) >= 11 is 0. The van der Waals surface area contributed by atoms with Crippen LogP contribution in [0.2, 0.25) is 0 Å². The molecule has 2 fully saturated rings. The van der Waals surface area contributed by atoms with Gasteiger partial charge in [0.2, 0.25) is 0 Å². The van der Waals surface area contributed by atoms with Crippen LogP contribution in [0.25, 0.3) is 0 Å². The Morgan fingerprint density at radius 2 is 2.11 bits per heavy atom. The van der Waals surface area contributed by atoms with E-state index in [4.69, 9.17) is 4.74 Å². The van der Waals surface area contributed by atoms with Gasteiger partial charge in [0.1, 0.15) is 5.75 Å². The van der Waals surface area contributed by atoms with Crippen LogP contribution in [-0.4, -0.2) is 31.1 Å². The van der Waals surface area contributed by atoms with E-state index < -0.39 is 0 Å². The highest BCUT2D eigenvalue weighted by Gasteiger charge is 2.30. The number of methoxy groups -OCH3 is 1. The quantitative estimate of drug-likeness (QED) is 0.791. The molecule has 0 radical (unpaired) electrons. The number of benzene rings is 1. The topological polar surface area (TPSA) is 12.5 Å². The molecule has 0 spiro atoms. The summed E-state index contributed by atoms with van der Waals surface area (Å²) in [7, 11) is 1.75. The molecule has 18 heavy (non-hydrogen) atoms. The maximum Gasteiger partial charge on any atom is 0.119 e. The molecule has 2 nitrogen and oxygen atoms in total. The van der Waals surface area contributed by atoms with Gasteiger partial charge in [0.25, 0.3) is 0 Å². The number of hydrogen-bond acceptors (Lipinski definition) is 2. The lowest BCUT2D eigenvalue weighted by atomic mass is 9.84. The van der Waals surface area contributed by atoms with Crippen molar-refractivity contribution in [1.29, 1.82) is 0 Å². The zero-order valence-corrected chi connectivity index (χ0v) is 11.3. The molecule has 1 aromatic rings.